The number of hydrogen-bond donors (Lipinski definition) is 1. The molecule has 0 radical (unpaired) electrons. The van der Waals surface area contributed by atoms with Crippen molar-refractivity contribution in [1.82, 2.24) is 0 Å². The zero-order valence-corrected chi connectivity index (χ0v) is 27.5. The maximum absolute atomic E-state index is 13.8. The highest BCUT2D eigenvalue weighted by atomic mass is 79.9. The Bertz CT molecular complexity index is 1810. The molecule has 1 N–H and O–H groups in total. The maximum atomic E-state index is 13.8. The number of aromatic nitrogens is 1. The number of benzene rings is 3. The van der Waals surface area contributed by atoms with E-state index in [-0.39, 0.29) is 58.0 Å². The monoisotopic (exact) mass is 759 g/mol. The fraction of sp³-hybridized carbons (Fsp3) is 0.361. The molecule has 1 aromatic heterocycles. The summed E-state index contributed by atoms with van der Waals surface area (Å²) in [6, 6.07) is 14.9. The molecule has 2 unspecified atom stereocenters. The van der Waals surface area contributed by atoms with Crippen LogP contribution in [0.25, 0.3) is 10.9 Å². The predicted molar refractivity (Wildman–Crippen MR) is 160 cm³/mol. The van der Waals surface area contributed by atoms with Crippen molar-refractivity contribution in [2.45, 2.75) is 56.6 Å². The molecule has 3 nitrogen and oxygen atoms in total. The molecule has 13 heteroatoms. The number of alkyl halides is 9. The molecular weight excluding hydrogens is 727 g/mol. The van der Waals surface area contributed by atoms with E-state index in [2.05, 4.69) is 6.58 Å². The van der Waals surface area contributed by atoms with Crippen molar-refractivity contribution < 1.29 is 70.7 Å². The zero-order chi connectivity index (χ0) is 34.6. The lowest BCUT2D eigenvalue weighted by molar-refractivity contribution is -0.985. The lowest BCUT2D eigenvalue weighted by Crippen LogP contribution is -3.00. The second-order valence-corrected chi connectivity index (χ2v) is 13.0. The largest absolute Gasteiger partial charge is 1.00 e. The maximum Gasteiger partial charge on any atom is 0.416 e. The van der Waals surface area contributed by atoms with Crippen molar-refractivity contribution in [3.8, 4) is 0 Å². The summed E-state index contributed by atoms with van der Waals surface area (Å²) in [5.74, 6) is 0.104. The quantitative estimate of drug-likeness (QED) is 0.108. The van der Waals surface area contributed by atoms with Crippen molar-refractivity contribution in [3.63, 3.8) is 0 Å². The van der Waals surface area contributed by atoms with Crippen LogP contribution in [0.2, 0.25) is 0 Å². The number of quaternary nitrogens is 1. The first kappa shape index (κ1) is 36.9. The second kappa shape index (κ2) is 13.4. The minimum absolute atomic E-state index is 0. The number of aliphatic hydroxyl groups excluding tert-OH is 1. The van der Waals surface area contributed by atoms with Crippen molar-refractivity contribution in [1.29, 1.82) is 0 Å². The van der Waals surface area contributed by atoms with Crippen molar-refractivity contribution in [2.24, 2.45) is 11.8 Å². The van der Waals surface area contributed by atoms with Crippen LogP contribution in [0, 0.1) is 11.8 Å². The number of aliphatic hydroxyl groups is 1. The van der Waals surface area contributed by atoms with Crippen LogP contribution < -0.4 is 21.5 Å². The summed E-state index contributed by atoms with van der Waals surface area (Å²) in [4.78, 5) is 0. The van der Waals surface area contributed by atoms with Crippen LogP contribution in [0.15, 0.2) is 91.6 Å². The molecule has 262 valence electrons. The first-order valence-electron chi connectivity index (χ1n) is 15.5. The van der Waals surface area contributed by atoms with E-state index in [1.807, 2.05) is 0 Å². The Balaban J connectivity index is 0.00000468. The van der Waals surface area contributed by atoms with Gasteiger partial charge in [0, 0.05) is 47.6 Å². The SMILES string of the molecule is C=CC1C[N@+]2(Cc3cc(C(F)(F)F)cc(C(F)(F)F)c3)CC[C@H]1C[C@H]2C(O)c1cc[n+](Cc2cccc(C(F)(F)F)c2)c2ccccc12.[Br-]. The minimum Gasteiger partial charge on any atom is -1.00 e. The Hall–Kier alpha value is -3.42. The van der Waals surface area contributed by atoms with E-state index in [1.165, 1.54) is 6.07 Å². The van der Waals surface area contributed by atoms with Crippen molar-refractivity contribution in [3.05, 3.63) is 125 Å². The van der Waals surface area contributed by atoms with Gasteiger partial charge in [0.1, 0.15) is 18.7 Å². The summed E-state index contributed by atoms with van der Waals surface area (Å²) in [7, 11) is 0. The van der Waals surface area contributed by atoms with Gasteiger partial charge in [0.2, 0.25) is 5.52 Å². The molecule has 49 heavy (non-hydrogen) atoms. The predicted octanol–water partition coefficient (Wildman–Crippen LogP) is 5.88. The molecule has 2 bridgehead atoms. The van der Waals surface area contributed by atoms with Crippen LogP contribution in [0.5, 0.6) is 0 Å². The topological polar surface area (TPSA) is 24.1 Å². The van der Waals surface area contributed by atoms with Gasteiger partial charge < -0.3 is 26.6 Å². The third kappa shape index (κ3) is 7.39. The lowest BCUT2D eigenvalue weighted by Gasteiger charge is -2.58. The van der Waals surface area contributed by atoms with Gasteiger partial charge in [-0.05, 0) is 42.3 Å². The van der Waals surface area contributed by atoms with Crippen LogP contribution in [0.3, 0.4) is 0 Å². The third-order valence-corrected chi connectivity index (χ3v) is 10.1. The number of nitrogens with zero attached hydrogens (tertiary/aromatic N) is 2. The van der Waals surface area contributed by atoms with Gasteiger partial charge in [0.25, 0.3) is 0 Å². The molecule has 3 fully saturated rings. The number of rotatable bonds is 7. The number of pyridine rings is 1. The summed E-state index contributed by atoms with van der Waals surface area (Å²) in [5.41, 5.74) is -2.06. The van der Waals surface area contributed by atoms with Gasteiger partial charge in [-0.3, -0.25) is 0 Å². The van der Waals surface area contributed by atoms with E-state index in [1.54, 1.807) is 53.2 Å². The Morgan fingerprint density at radius 3 is 2.08 bits per heavy atom. The Kier molecular flexibility index (Phi) is 10.1. The molecule has 0 aliphatic carbocycles. The molecular formula is C36H33BrF9N2O+. The molecule has 4 heterocycles. The molecule has 3 aliphatic rings. The third-order valence-electron chi connectivity index (χ3n) is 10.1. The average molecular weight is 761 g/mol. The van der Waals surface area contributed by atoms with E-state index in [4.69, 9.17) is 0 Å². The molecule has 3 aliphatic heterocycles. The highest BCUT2D eigenvalue weighted by Crippen LogP contribution is 2.48. The van der Waals surface area contributed by atoms with E-state index < -0.39 is 47.4 Å². The van der Waals surface area contributed by atoms with Gasteiger partial charge in [-0.25, -0.2) is 0 Å². The van der Waals surface area contributed by atoms with Crippen LogP contribution in [-0.4, -0.2) is 28.7 Å². The highest BCUT2D eigenvalue weighted by Gasteiger charge is 2.54. The second-order valence-electron chi connectivity index (χ2n) is 13.0. The Morgan fingerprint density at radius 1 is 0.816 bits per heavy atom. The van der Waals surface area contributed by atoms with Gasteiger partial charge in [-0.2, -0.15) is 44.1 Å². The van der Waals surface area contributed by atoms with Crippen LogP contribution in [-0.2, 0) is 31.6 Å². The van der Waals surface area contributed by atoms with Gasteiger partial charge in [0.15, 0.2) is 12.7 Å². The van der Waals surface area contributed by atoms with Crippen LogP contribution >= 0.6 is 0 Å². The summed E-state index contributed by atoms with van der Waals surface area (Å²) < 4.78 is 124. The summed E-state index contributed by atoms with van der Waals surface area (Å²) in [5, 5.41) is 12.7. The Morgan fingerprint density at radius 2 is 1.45 bits per heavy atom. The summed E-state index contributed by atoms with van der Waals surface area (Å²) in [6.45, 7) is 4.75. The standard InChI is InChI=1S/C36H33F9N2O.BrH/c1-2-24-21-47(20-23-15-27(35(40,41)42)18-28(16-23)36(43,44)45)13-11-25(24)17-32(47)33(48)30-10-12-46(31-9-4-3-8-29(30)31)19-22-6-5-7-26(14-22)34(37,38)39;/h2-10,12,14-16,18,24-25,32-33,48H,1,11,13,17,19-21H2;1H/q+2;/p-1/t24?,25-,32-,33?,47+;/m0./s1. The van der Waals surface area contributed by atoms with E-state index in [0.717, 1.165) is 24.3 Å². The van der Waals surface area contributed by atoms with Crippen molar-refractivity contribution in [2.75, 3.05) is 13.1 Å². The van der Waals surface area contributed by atoms with E-state index >= 15 is 0 Å². The molecule has 0 saturated carbocycles. The molecule has 7 rings (SSSR count). The fourth-order valence-corrected chi connectivity index (χ4v) is 7.81. The van der Waals surface area contributed by atoms with E-state index in [0.29, 0.717) is 48.0 Å². The summed E-state index contributed by atoms with van der Waals surface area (Å²) in [6.07, 6.45) is -11.0. The Labute approximate surface area is 287 Å². The zero-order valence-electron chi connectivity index (χ0n) is 26.0. The first-order valence-corrected chi connectivity index (χ1v) is 15.5. The molecule has 5 atom stereocenters. The number of para-hydroxylation sites is 1. The normalized spacial score (nSPS) is 23.3. The van der Waals surface area contributed by atoms with Crippen LogP contribution in [0.4, 0.5) is 39.5 Å². The van der Waals surface area contributed by atoms with Gasteiger partial charge in [0.05, 0.1) is 35.2 Å². The summed E-state index contributed by atoms with van der Waals surface area (Å²) >= 11 is 0. The first-order chi connectivity index (χ1) is 22.5. The smallest absolute Gasteiger partial charge is 0.416 e. The number of piperidine rings is 3. The number of fused-ring (bicyclic) bond motifs is 4. The lowest BCUT2D eigenvalue weighted by atomic mass is 9.71. The number of hydrogen-bond acceptors (Lipinski definition) is 1. The van der Waals surface area contributed by atoms with Gasteiger partial charge in [-0.1, -0.05) is 30.3 Å². The molecule has 3 saturated heterocycles. The van der Waals surface area contributed by atoms with Crippen LogP contribution in [0.1, 0.15) is 52.3 Å². The molecule has 0 spiro atoms. The van der Waals surface area contributed by atoms with E-state index in [9.17, 15) is 44.6 Å². The fourth-order valence-electron chi connectivity index (χ4n) is 7.81. The van der Waals surface area contributed by atoms with Gasteiger partial charge in [-0.15, -0.1) is 6.58 Å². The average Bonchev–Trinajstić information content (AvgIpc) is 3.03. The highest BCUT2D eigenvalue weighted by molar-refractivity contribution is 5.79. The minimum atomic E-state index is -4.99. The molecule has 4 aromatic rings. The van der Waals surface area contributed by atoms with Crippen molar-refractivity contribution >= 4 is 10.9 Å². The molecule has 3 aromatic carbocycles. The number of halogens is 10. The molecule has 0 amide bonds. The van der Waals surface area contributed by atoms with Gasteiger partial charge >= 0.3 is 18.5 Å².